The quantitative estimate of drug-likeness (QED) is 0.871. The monoisotopic (exact) mass is 265 g/mol. The summed E-state index contributed by atoms with van der Waals surface area (Å²) in [7, 11) is 0. The third-order valence-electron chi connectivity index (χ3n) is 3.72. The number of hydrogen-bond donors (Lipinski definition) is 2. The van der Waals surface area contributed by atoms with Gasteiger partial charge in [0.1, 0.15) is 5.82 Å². The second-order valence-electron chi connectivity index (χ2n) is 5.13. The zero-order valence-electron chi connectivity index (χ0n) is 11.1. The molecule has 1 aromatic rings. The molecule has 1 fully saturated rings. The molecule has 4 nitrogen and oxygen atoms in total. The van der Waals surface area contributed by atoms with E-state index in [4.69, 9.17) is 11.5 Å². The van der Waals surface area contributed by atoms with Crippen LogP contribution < -0.4 is 16.4 Å². The van der Waals surface area contributed by atoms with Gasteiger partial charge in [-0.3, -0.25) is 4.79 Å². The Hall–Kier alpha value is -1.62. The molecule has 0 spiro atoms. The topological polar surface area (TPSA) is 72.3 Å². The highest BCUT2D eigenvalue weighted by Crippen LogP contribution is 2.30. The first-order valence-electron chi connectivity index (χ1n) is 6.59. The molecule has 1 heterocycles. The van der Waals surface area contributed by atoms with Crippen LogP contribution in [0.25, 0.3) is 0 Å². The van der Waals surface area contributed by atoms with E-state index in [1.165, 1.54) is 6.07 Å². The van der Waals surface area contributed by atoms with Crippen molar-refractivity contribution in [3.05, 3.63) is 29.6 Å². The third-order valence-corrected chi connectivity index (χ3v) is 3.72. The average Bonchev–Trinajstić information content (AvgIpc) is 2.38. The number of amides is 1. The van der Waals surface area contributed by atoms with Crippen LogP contribution in [0.1, 0.15) is 31.4 Å². The number of piperidine rings is 1. The van der Waals surface area contributed by atoms with Gasteiger partial charge < -0.3 is 16.4 Å². The molecule has 0 aromatic heterocycles. The van der Waals surface area contributed by atoms with Crippen LogP contribution in [0, 0.1) is 11.7 Å². The molecular formula is C14H20FN3O. The highest BCUT2D eigenvalue weighted by atomic mass is 19.1. The maximum atomic E-state index is 13.9. The fraction of sp³-hybridized carbons (Fsp3) is 0.500. The van der Waals surface area contributed by atoms with E-state index in [2.05, 4.69) is 4.90 Å². The van der Waals surface area contributed by atoms with Gasteiger partial charge in [0, 0.05) is 36.3 Å². The Morgan fingerprint density at radius 2 is 2.05 bits per heavy atom. The first kappa shape index (κ1) is 13.8. The van der Waals surface area contributed by atoms with E-state index < -0.39 is 0 Å². The predicted molar refractivity (Wildman–Crippen MR) is 73.1 cm³/mol. The average molecular weight is 265 g/mol. The van der Waals surface area contributed by atoms with Gasteiger partial charge in [0.05, 0.1) is 0 Å². The standard InChI is InChI=1S/C14H20FN3O/c1-9(16)13-11(15)3-2-4-12(13)18-7-5-10(6-8-18)14(17)19/h2-4,9-10H,5-8,16H2,1H3,(H2,17,19)/t9-/m1/s1. The van der Waals surface area contributed by atoms with Crippen molar-refractivity contribution >= 4 is 11.6 Å². The van der Waals surface area contributed by atoms with E-state index in [1.807, 2.05) is 6.07 Å². The minimum absolute atomic E-state index is 0.0661. The molecular weight excluding hydrogens is 245 g/mol. The summed E-state index contributed by atoms with van der Waals surface area (Å²) < 4.78 is 13.9. The van der Waals surface area contributed by atoms with Crippen LogP contribution >= 0.6 is 0 Å². The minimum Gasteiger partial charge on any atom is -0.371 e. The summed E-state index contributed by atoms with van der Waals surface area (Å²) >= 11 is 0. The number of rotatable bonds is 3. The van der Waals surface area contributed by atoms with Crippen molar-refractivity contribution in [2.75, 3.05) is 18.0 Å². The normalized spacial score (nSPS) is 18.4. The SMILES string of the molecule is C[C@@H](N)c1c(F)cccc1N1CCC(C(N)=O)CC1. The number of carbonyl (C=O) groups excluding carboxylic acids is 1. The molecule has 1 aliphatic rings. The Balaban J connectivity index is 2.20. The van der Waals surface area contributed by atoms with Gasteiger partial charge in [-0.15, -0.1) is 0 Å². The highest BCUT2D eigenvalue weighted by Gasteiger charge is 2.25. The fourth-order valence-corrected chi connectivity index (χ4v) is 2.66. The molecule has 1 amide bonds. The lowest BCUT2D eigenvalue weighted by molar-refractivity contribution is -0.122. The van der Waals surface area contributed by atoms with Crippen LogP contribution in [0.5, 0.6) is 0 Å². The first-order chi connectivity index (χ1) is 9.00. The second kappa shape index (κ2) is 5.57. The van der Waals surface area contributed by atoms with Crippen molar-refractivity contribution in [2.45, 2.75) is 25.8 Å². The van der Waals surface area contributed by atoms with Crippen molar-refractivity contribution in [2.24, 2.45) is 17.4 Å². The van der Waals surface area contributed by atoms with Crippen molar-refractivity contribution < 1.29 is 9.18 Å². The van der Waals surface area contributed by atoms with Crippen molar-refractivity contribution in [1.82, 2.24) is 0 Å². The summed E-state index contributed by atoms with van der Waals surface area (Å²) in [6, 6.07) is 4.65. The summed E-state index contributed by atoms with van der Waals surface area (Å²) in [5.41, 5.74) is 12.5. The molecule has 5 heteroatoms. The molecule has 4 N–H and O–H groups in total. The number of nitrogens with zero attached hydrogens (tertiary/aromatic N) is 1. The molecule has 1 aromatic carbocycles. The maximum absolute atomic E-state index is 13.9. The molecule has 0 unspecified atom stereocenters. The molecule has 104 valence electrons. The Kier molecular flexibility index (Phi) is 4.04. The molecule has 1 atom stereocenters. The van der Waals surface area contributed by atoms with Crippen LogP contribution in [0.4, 0.5) is 10.1 Å². The Morgan fingerprint density at radius 1 is 1.42 bits per heavy atom. The van der Waals surface area contributed by atoms with Gasteiger partial charge in [0.15, 0.2) is 0 Å². The first-order valence-corrected chi connectivity index (χ1v) is 6.59. The predicted octanol–water partition coefficient (Wildman–Crippen LogP) is 1.55. The molecule has 1 saturated heterocycles. The lowest BCUT2D eigenvalue weighted by Gasteiger charge is -2.34. The van der Waals surface area contributed by atoms with Gasteiger partial charge in [-0.25, -0.2) is 4.39 Å². The summed E-state index contributed by atoms with van der Waals surface area (Å²) in [5.74, 6) is -0.584. The number of hydrogen-bond acceptors (Lipinski definition) is 3. The van der Waals surface area contributed by atoms with Crippen LogP contribution in [0.15, 0.2) is 18.2 Å². The highest BCUT2D eigenvalue weighted by molar-refractivity contribution is 5.77. The van der Waals surface area contributed by atoms with Gasteiger partial charge in [0.2, 0.25) is 5.91 Å². The lowest BCUT2D eigenvalue weighted by atomic mass is 9.94. The summed E-state index contributed by atoms with van der Waals surface area (Å²) in [6.07, 6.45) is 1.43. The van der Waals surface area contributed by atoms with Crippen LogP contribution in [-0.2, 0) is 4.79 Å². The van der Waals surface area contributed by atoms with E-state index in [1.54, 1.807) is 13.0 Å². The van der Waals surface area contributed by atoms with E-state index >= 15 is 0 Å². The number of benzene rings is 1. The van der Waals surface area contributed by atoms with Crippen LogP contribution in [0.3, 0.4) is 0 Å². The molecule has 19 heavy (non-hydrogen) atoms. The van der Waals surface area contributed by atoms with Gasteiger partial charge in [0.25, 0.3) is 0 Å². The zero-order chi connectivity index (χ0) is 14.0. The number of primary amides is 1. The minimum atomic E-state index is -0.356. The molecule has 0 radical (unpaired) electrons. The third kappa shape index (κ3) is 2.87. The largest absolute Gasteiger partial charge is 0.371 e. The molecule has 2 rings (SSSR count). The Labute approximate surface area is 112 Å². The van der Waals surface area contributed by atoms with E-state index in [0.717, 1.165) is 5.69 Å². The molecule has 0 bridgehead atoms. The number of nitrogens with two attached hydrogens (primary N) is 2. The molecule has 1 aliphatic heterocycles. The second-order valence-corrected chi connectivity index (χ2v) is 5.13. The van der Waals surface area contributed by atoms with E-state index in [0.29, 0.717) is 31.5 Å². The number of carbonyl (C=O) groups is 1. The smallest absolute Gasteiger partial charge is 0.220 e. The van der Waals surface area contributed by atoms with E-state index in [-0.39, 0.29) is 23.7 Å². The maximum Gasteiger partial charge on any atom is 0.220 e. The summed E-state index contributed by atoms with van der Waals surface area (Å²) in [5, 5.41) is 0. The summed E-state index contributed by atoms with van der Waals surface area (Å²) in [4.78, 5) is 13.2. The lowest BCUT2D eigenvalue weighted by Crippen LogP contribution is -2.39. The zero-order valence-corrected chi connectivity index (χ0v) is 11.1. The van der Waals surface area contributed by atoms with Crippen molar-refractivity contribution in [3.63, 3.8) is 0 Å². The molecule has 0 saturated carbocycles. The van der Waals surface area contributed by atoms with Gasteiger partial charge in [-0.1, -0.05) is 6.07 Å². The Morgan fingerprint density at radius 3 is 2.58 bits per heavy atom. The van der Waals surface area contributed by atoms with Crippen LogP contribution in [0.2, 0.25) is 0 Å². The van der Waals surface area contributed by atoms with E-state index in [9.17, 15) is 9.18 Å². The van der Waals surface area contributed by atoms with Crippen molar-refractivity contribution in [1.29, 1.82) is 0 Å². The van der Waals surface area contributed by atoms with Crippen LogP contribution in [-0.4, -0.2) is 19.0 Å². The number of halogens is 1. The Bertz CT molecular complexity index is 468. The van der Waals surface area contributed by atoms with Gasteiger partial charge in [-0.05, 0) is 31.9 Å². The molecule has 0 aliphatic carbocycles. The van der Waals surface area contributed by atoms with Gasteiger partial charge in [-0.2, -0.15) is 0 Å². The van der Waals surface area contributed by atoms with Crippen molar-refractivity contribution in [3.8, 4) is 0 Å². The number of anilines is 1. The van der Waals surface area contributed by atoms with Gasteiger partial charge >= 0.3 is 0 Å². The summed E-state index contributed by atoms with van der Waals surface area (Å²) in [6.45, 7) is 3.19. The fourth-order valence-electron chi connectivity index (χ4n) is 2.66.